The lowest BCUT2D eigenvalue weighted by atomic mass is 10.1. The summed E-state index contributed by atoms with van der Waals surface area (Å²) in [4.78, 5) is 2.53. The Morgan fingerprint density at radius 1 is 1.12 bits per heavy atom. The highest BCUT2D eigenvalue weighted by Gasteiger charge is 2.09. The lowest BCUT2D eigenvalue weighted by Crippen LogP contribution is -2.31. The molecule has 94 valence electrons. The Kier molecular flexibility index (Phi) is 4.68. The fourth-order valence-corrected chi connectivity index (χ4v) is 2.27. The fraction of sp³-hybridized carbons (Fsp3) is 0.571. The molecule has 0 radical (unpaired) electrons. The number of likely N-dealkylation sites (tertiary alicyclic amines) is 1. The van der Waals surface area contributed by atoms with Crippen LogP contribution in [0.2, 0.25) is 0 Å². The number of anilines is 1. The standard InChI is InChI=1S/C14H22N2O/c15-13-7-2-3-8-14(13)17-12-6-11-16-9-4-1-5-10-16/h2-3,7-8H,1,4-6,9-12,15H2. The monoisotopic (exact) mass is 234 g/mol. The van der Waals surface area contributed by atoms with Crippen molar-refractivity contribution < 1.29 is 4.74 Å². The van der Waals surface area contributed by atoms with Crippen LogP contribution < -0.4 is 10.5 Å². The van der Waals surface area contributed by atoms with Gasteiger partial charge in [-0.05, 0) is 44.5 Å². The van der Waals surface area contributed by atoms with Gasteiger partial charge in [-0.25, -0.2) is 0 Å². The van der Waals surface area contributed by atoms with Crippen molar-refractivity contribution in [2.24, 2.45) is 0 Å². The van der Waals surface area contributed by atoms with Crippen LogP contribution in [0.4, 0.5) is 5.69 Å². The molecule has 0 unspecified atom stereocenters. The SMILES string of the molecule is Nc1ccccc1OCCCN1CCCCC1. The number of para-hydroxylation sites is 2. The van der Waals surface area contributed by atoms with E-state index in [2.05, 4.69) is 4.90 Å². The molecule has 3 heteroatoms. The zero-order valence-electron chi connectivity index (χ0n) is 10.4. The van der Waals surface area contributed by atoms with Crippen LogP contribution in [-0.4, -0.2) is 31.1 Å². The van der Waals surface area contributed by atoms with Gasteiger partial charge in [0.15, 0.2) is 0 Å². The number of piperidine rings is 1. The van der Waals surface area contributed by atoms with Crippen LogP contribution in [0.3, 0.4) is 0 Å². The summed E-state index contributed by atoms with van der Waals surface area (Å²) in [5, 5.41) is 0. The molecule has 0 atom stereocenters. The molecule has 1 aliphatic rings. The summed E-state index contributed by atoms with van der Waals surface area (Å²) in [5.74, 6) is 0.811. The van der Waals surface area contributed by atoms with Crippen molar-refractivity contribution >= 4 is 5.69 Å². The summed E-state index contributed by atoms with van der Waals surface area (Å²) in [5.41, 5.74) is 6.54. The van der Waals surface area contributed by atoms with E-state index in [1.54, 1.807) is 0 Å². The predicted molar refractivity (Wildman–Crippen MR) is 71.3 cm³/mol. The summed E-state index contributed by atoms with van der Waals surface area (Å²) < 4.78 is 5.68. The lowest BCUT2D eigenvalue weighted by Gasteiger charge is -2.26. The molecule has 1 saturated heterocycles. The van der Waals surface area contributed by atoms with Crippen molar-refractivity contribution in [3.63, 3.8) is 0 Å². The largest absolute Gasteiger partial charge is 0.491 e. The van der Waals surface area contributed by atoms with E-state index in [0.717, 1.165) is 31.0 Å². The molecule has 0 aromatic heterocycles. The van der Waals surface area contributed by atoms with E-state index < -0.39 is 0 Å². The summed E-state index contributed by atoms with van der Waals surface area (Å²) >= 11 is 0. The molecule has 0 aliphatic carbocycles. The Labute approximate surface area is 104 Å². The van der Waals surface area contributed by atoms with Crippen molar-refractivity contribution in [3.8, 4) is 5.75 Å². The van der Waals surface area contributed by atoms with Gasteiger partial charge in [-0.1, -0.05) is 18.6 Å². The van der Waals surface area contributed by atoms with Crippen LogP contribution in [0.5, 0.6) is 5.75 Å². The van der Waals surface area contributed by atoms with Gasteiger partial charge in [0.25, 0.3) is 0 Å². The van der Waals surface area contributed by atoms with Crippen molar-refractivity contribution in [1.29, 1.82) is 0 Å². The Balaban J connectivity index is 1.64. The minimum Gasteiger partial charge on any atom is -0.491 e. The molecule has 17 heavy (non-hydrogen) atoms. The van der Waals surface area contributed by atoms with Gasteiger partial charge in [0.2, 0.25) is 0 Å². The maximum absolute atomic E-state index is 5.81. The molecule has 3 nitrogen and oxygen atoms in total. The van der Waals surface area contributed by atoms with Crippen LogP contribution in [0.15, 0.2) is 24.3 Å². The fourth-order valence-electron chi connectivity index (χ4n) is 2.27. The highest BCUT2D eigenvalue weighted by Crippen LogP contribution is 2.19. The highest BCUT2D eigenvalue weighted by atomic mass is 16.5. The Morgan fingerprint density at radius 3 is 2.65 bits per heavy atom. The summed E-state index contributed by atoms with van der Waals surface area (Å²) in [6.45, 7) is 4.42. The van der Waals surface area contributed by atoms with Crippen molar-refractivity contribution in [3.05, 3.63) is 24.3 Å². The van der Waals surface area contributed by atoms with E-state index in [0.29, 0.717) is 0 Å². The van der Waals surface area contributed by atoms with Crippen LogP contribution in [0.25, 0.3) is 0 Å². The summed E-state index contributed by atoms with van der Waals surface area (Å²) in [7, 11) is 0. The number of benzene rings is 1. The van der Waals surface area contributed by atoms with Gasteiger partial charge in [0.1, 0.15) is 5.75 Å². The van der Waals surface area contributed by atoms with Gasteiger partial charge in [-0.2, -0.15) is 0 Å². The Bertz CT molecular complexity index is 335. The first-order chi connectivity index (χ1) is 8.36. The highest BCUT2D eigenvalue weighted by molar-refractivity contribution is 5.51. The van der Waals surface area contributed by atoms with E-state index in [4.69, 9.17) is 10.5 Å². The van der Waals surface area contributed by atoms with Crippen molar-refractivity contribution in [2.45, 2.75) is 25.7 Å². The number of nitrogen functional groups attached to an aromatic ring is 1. The number of ether oxygens (including phenoxy) is 1. The number of hydrogen-bond donors (Lipinski definition) is 1. The molecule has 0 bridgehead atoms. The molecule has 1 aromatic rings. The normalized spacial score (nSPS) is 16.9. The van der Waals surface area contributed by atoms with Crippen LogP contribution in [-0.2, 0) is 0 Å². The molecule has 1 fully saturated rings. The van der Waals surface area contributed by atoms with Crippen LogP contribution in [0, 0.1) is 0 Å². The number of rotatable bonds is 5. The number of nitrogens with two attached hydrogens (primary N) is 1. The summed E-state index contributed by atoms with van der Waals surface area (Å²) in [6.07, 6.45) is 5.18. The first kappa shape index (κ1) is 12.2. The number of hydrogen-bond acceptors (Lipinski definition) is 3. The van der Waals surface area contributed by atoms with Crippen molar-refractivity contribution in [2.75, 3.05) is 32.0 Å². The zero-order valence-corrected chi connectivity index (χ0v) is 10.4. The second-order valence-electron chi connectivity index (χ2n) is 4.64. The van der Waals surface area contributed by atoms with E-state index >= 15 is 0 Å². The van der Waals surface area contributed by atoms with Gasteiger partial charge < -0.3 is 15.4 Å². The van der Waals surface area contributed by atoms with Gasteiger partial charge in [0.05, 0.1) is 12.3 Å². The topological polar surface area (TPSA) is 38.5 Å². The minimum absolute atomic E-state index is 0.727. The summed E-state index contributed by atoms with van der Waals surface area (Å²) in [6, 6.07) is 7.68. The second kappa shape index (κ2) is 6.50. The van der Waals surface area contributed by atoms with Crippen LogP contribution >= 0.6 is 0 Å². The molecular formula is C14H22N2O. The van der Waals surface area contributed by atoms with Gasteiger partial charge >= 0.3 is 0 Å². The molecule has 0 saturated carbocycles. The average molecular weight is 234 g/mol. The molecule has 1 heterocycles. The van der Waals surface area contributed by atoms with E-state index in [1.165, 1.54) is 32.4 Å². The molecule has 2 rings (SSSR count). The first-order valence-electron chi connectivity index (χ1n) is 6.56. The van der Waals surface area contributed by atoms with Gasteiger partial charge in [-0.3, -0.25) is 0 Å². The molecule has 1 aliphatic heterocycles. The predicted octanol–water partition coefficient (Wildman–Crippen LogP) is 2.52. The quantitative estimate of drug-likeness (QED) is 0.628. The van der Waals surface area contributed by atoms with E-state index in [1.807, 2.05) is 24.3 Å². The molecule has 0 spiro atoms. The van der Waals surface area contributed by atoms with Gasteiger partial charge in [-0.15, -0.1) is 0 Å². The zero-order chi connectivity index (χ0) is 11.9. The van der Waals surface area contributed by atoms with E-state index in [9.17, 15) is 0 Å². The maximum atomic E-state index is 5.81. The first-order valence-corrected chi connectivity index (χ1v) is 6.56. The minimum atomic E-state index is 0.727. The molecule has 1 aromatic carbocycles. The Morgan fingerprint density at radius 2 is 1.88 bits per heavy atom. The molecule has 2 N–H and O–H groups in total. The molecular weight excluding hydrogens is 212 g/mol. The van der Waals surface area contributed by atoms with E-state index in [-0.39, 0.29) is 0 Å². The number of nitrogens with zero attached hydrogens (tertiary/aromatic N) is 1. The van der Waals surface area contributed by atoms with Crippen LogP contribution in [0.1, 0.15) is 25.7 Å². The van der Waals surface area contributed by atoms with Crippen molar-refractivity contribution in [1.82, 2.24) is 4.90 Å². The third-order valence-electron chi connectivity index (χ3n) is 3.24. The smallest absolute Gasteiger partial charge is 0.142 e. The average Bonchev–Trinajstić information content (AvgIpc) is 2.38. The Hall–Kier alpha value is -1.22. The molecule has 0 amide bonds. The second-order valence-corrected chi connectivity index (χ2v) is 4.64. The van der Waals surface area contributed by atoms with Gasteiger partial charge in [0, 0.05) is 6.54 Å². The maximum Gasteiger partial charge on any atom is 0.142 e. The third kappa shape index (κ3) is 3.93. The third-order valence-corrected chi connectivity index (χ3v) is 3.24. The lowest BCUT2D eigenvalue weighted by molar-refractivity contribution is 0.205.